The van der Waals surface area contributed by atoms with Gasteiger partial charge in [-0.15, -0.1) is 5.10 Å². The van der Waals surface area contributed by atoms with Crippen LogP contribution in [0.4, 0.5) is 5.00 Å². The Balaban J connectivity index is 2.53. The summed E-state index contributed by atoms with van der Waals surface area (Å²) in [5.41, 5.74) is 7.44. The van der Waals surface area contributed by atoms with Gasteiger partial charge in [0.2, 0.25) is 0 Å². The molecule has 0 aliphatic carbocycles. The number of anilines is 1. The zero-order valence-electron chi connectivity index (χ0n) is 6.57. The average Bonchev–Trinajstić information content (AvgIpc) is 2.51. The lowest BCUT2D eigenvalue weighted by Gasteiger charge is -1.97. The molecule has 0 bridgehead atoms. The number of halogens is 1. The Morgan fingerprint density at radius 3 is 2.85 bits per heavy atom. The van der Waals surface area contributed by atoms with Gasteiger partial charge in [0.15, 0.2) is 0 Å². The Morgan fingerprint density at radius 2 is 2.23 bits per heavy atom. The minimum atomic E-state index is 0.651. The molecule has 13 heavy (non-hydrogen) atoms. The summed E-state index contributed by atoms with van der Waals surface area (Å²) in [6, 6.07) is 7.82. The summed E-state index contributed by atoms with van der Waals surface area (Å²) < 4.78 is 4.79. The van der Waals surface area contributed by atoms with Crippen molar-refractivity contribution in [2.75, 3.05) is 5.73 Å². The summed E-state index contributed by atoms with van der Waals surface area (Å²) in [6.45, 7) is 0. The second-order valence-electron chi connectivity index (χ2n) is 2.50. The van der Waals surface area contributed by atoms with Gasteiger partial charge in [-0.1, -0.05) is 32.6 Å². The topological polar surface area (TPSA) is 51.8 Å². The van der Waals surface area contributed by atoms with Crippen molar-refractivity contribution in [3.63, 3.8) is 0 Å². The molecule has 0 aliphatic rings. The molecule has 0 spiro atoms. The van der Waals surface area contributed by atoms with Gasteiger partial charge in [-0.2, -0.15) is 0 Å². The minimum absolute atomic E-state index is 0.651. The molecule has 0 fully saturated rings. The predicted molar refractivity (Wildman–Crippen MR) is 57.5 cm³/mol. The van der Waals surface area contributed by atoms with Gasteiger partial charge in [-0.25, -0.2) is 0 Å². The highest BCUT2D eigenvalue weighted by atomic mass is 79.9. The monoisotopic (exact) mass is 255 g/mol. The van der Waals surface area contributed by atoms with E-state index in [2.05, 4.69) is 25.5 Å². The van der Waals surface area contributed by atoms with Gasteiger partial charge >= 0.3 is 0 Å². The van der Waals surface area contributed by atoms with Crippen LogP contribution in [0.5, 0.6) is 0 Å². The van der Waals surface area contributed by atoms with Crippen LogP contribution < -0.4 is 5.73 Å². The molecule has 0 saturated heterocycles. The Kier molecular flexibility index (Phi) is 2.28. The Hall–Kier alpha value is -0.940. The Bertz CT molecular complexity index is 427. The highest BCUT2D eigenvalue weighted by molar-refractivity contribution is 9.10. The molecular weight excluding hydrogens is 250 g/mol. The summed E-state index contributed by atoms with van der Waals surface area (Å²) in [6.07, 6.45) is 0. The lowest BCUT2D eigenvalue weighted by Crippen LogP contribution is -1.85. The van der Waals surface area contributed by atoms with Crippen LogP contribution in [0.3, 0.4) is 0 Å². The molecule has 0 unspecified atom stereocenters. The van der Waals surface area contributed by atoms with E-state index in [1.165, 1.54) is 11.5 Å². The maximum absolute atomic E-state index is 5.70. The maximum atomic E-state index is 5.70. The normalized spacial score (nSPS) is 10.2. The summed E-state index contributed by atoms with van der Waals surface area (Å²) in [7, 11) is 0. The number of benzene rings is 1. The summed E-state index contributed by atoms with van der Waals surface area (Å²) >= 11 is 4.59. The first-order valence-corrected chi connectivity index (χ1v) is 5.18. The van der Waals surface area contributed by atoms with Crippen molar-refractivity contribution in [2.45, 2.75) is 0 Å². The van der Waals surface area contributed by atoms with Crippen molar-refractivity contribution in [3.8, 4) is 11.3 Å². The van der Waals surface area contributed by atoms with E-state index in [4.69, 9.17) is 5.73 Å². The van der Waals surface area contributed by atoms with Gasteiger partial charge < -0.3 is 5.73 Å². The predicted octanol–water partition coefficient (Wildman–Crippen LogP) is 2.55. The highest BCUT2D eigenvalue weighted by Gasteiger charge is 2.06. The van der Waals surface area contributed by atoms with Crippen LogP contribution in [0.1, 0.15) is 0 Å². The van der Waals surface area contributed by atoms with Gasteiger partial charge in [0.05, 0.1) is 0 Å². The van der Waals surface area contributed by atoms with Crippen LogP contribution in [-0.2, 0) is 0 Å². The number of rotatable bonds is 1. The SMILES string of the molecule is Nc1snnc1-c1cccc(Br)c1. The summed E-state index contributed by atoms with van der Waals surface area (Å²) in [5, 5.41) is 4.60. The van der Waals surface area contributed by atoms with E-state index in [9.17, 15) is 0 Å². The zero-order valence-corrected chi connectivity index (χ0v) is 8.97. The number of nitrogens with zero attached hydrogens (tertiary/aromatic N) is 2. The van der Waals surface area contributed by atoms with Crippen molar-refractivity contribution in [3.05, 3.63) is 28.7 Å². The first kappa shape index (κ1) is 8.65. The fourth-order valence-corrected chi connectivity index (χ4v) is 1.89. The molecule has 0 amide bonds. The highest BCUT2D eigenvalue weighted by Crippen LogP contribution is 2.27. The van der Waals surface area contributed by atoms with Gasteiger partial charge in [0.1, 0.15) is 10.7 Å². The van der Waals surface area contributed by atoms with Crippen LogP contribution in [0.15, 0.2) is 28.7 Å². The molecule has 5 heteroatoms. The van der Waals surface area contributed by atoms with E-state index in [0.29, 0.717) is 5.00 Å². The Morgan fingerprint density at radius 1 is 1.38 bits per heavy atom. The van der Waals surface area contributed by atoms with Crippen molar-refractivity contribution in [2.24, 2.45) is 0 Å². The first-order valence-electron chi connectivity index (χ1n) is 3.61. The van der Waals surface area contributed by atoms with E-state index in [1.807, 2.05) is 24.3 Å². The Labute approximate surface area is 87.9 Å². The van der Waals surface area contributed by atoms with Crippen LogP contribution in [0.2, 0.25) is 0 Å². The molecule has 1 heterocycles. The van der Waals surface area contributed by atoms with E-state index in [1.54, 1.807) is 0 Å². The van der Waals surface area contributed by atoms with Crippen molar-refractivity contribution in [1.29, 1.82) is 0 Å². The average molecular weight is 256 g/mol. The smallest absolute Gasteiger partial charge is 0.135 e. The number of nitrogen functional groups attached to an aromatic ring is 1. The third kappa shape index (κ3) is 1.71. The number of nitrogens with two attached hydrogens (primary N) is 1. The van der Waals surface area contributed by atoms with Crippen molar-refractivity contribution in [1.82, 2.24) is 9.59 Å². The zero-order chi connectivity index (χ0) is 9.26. The van der Waals surface area contributed by atoms with Crippen LogP contribution in [0.25, 0.3) is 11.3 Å². The van der Waals surface area contributed by atoms with Gasteiger partial charge in [-0.3, -0.25) is 0 Å². The second-order valence-corrected chi connectivity index (χ2v) is 4.20. The maximum Gasteiger partial charge on any atom is 0.135 e. The second kappa shape index (κ2) is 3.43. The minimum Gasteiger partial charge on any atom is -0.387 e. The molecule has 0 aliphatic heterocycles. The van der Waals surface area contributed by atoms with Gasteiger partial charge in [-0.05, 0) is 12.1 Å². The molecule has 0 atom stereocenters. The summed E-state index contributed by atoms with van der Waals surface area (Å²) in [4.78, 5) is 0. The fraction of sp³-hybridized carbons (Fsp3) is 0. The van der Waals surface area contributed by atoms with Gasteiger partial charge in [0.25, 0.3) is 0 Å². The lowest BCUT2D eigenvalue weighted by molar-refractivity contribution is 1.16. The van der Waals surface area contributed by atoms with E-state index >= 15 is 0 Å². The van der Waals surface area contributed by atoms with Crippen molar-refractivity contribution >= 4 is 32.5 Å². The van der Waals surface area contributed by atoms with Crippen LogP contribution >= 0.6 is 27.5 Å². The molecular formula is C8H6BrN3S. The standard InChI is InChI=1S/C8H6BrN3S/c9-6-3-1-2-5(4-6)7-8(10)13-12-11-7/h1-4H,10H2. The largest absolute Gasteiger partial charge is 0.387 e. The number of hydrogen-bond acceptors (Lipinski definition) is 4. The lowest BCUT2D eigenvalue weighted by atomic mass is 10.2. The molecule has 0 radical (unpaired) electrons. The molecule has 2 N–H and O–H groups in total. The molecule has 1 aromatic heterocycles. The fourth-order valence-electron chi connectivity index (χ4n) is 1.03. The number of hydrogen-bond donors (Lipinski definition) is 1. The third-order valence-corrected chi connectivity index (χ3v) is 2.66. The quantitative estimate of drug-likeness (QED) is 0.853. The first-order chi connectivity index (χ1) is 6.27. The molecule has 2 aromatic rings. The molecule has 2 rings (SSSR count). The van der Waals surface area contributed by atoms with Gasteiger partial charge in [0, 0.05) is 21.6 Å². The molecule has 1 aromatic carbocycles. The molecule has 3 nitrogen and oxygen atoms in total. The van der Waals surface area contributed by atoms with E-state index in [-0.39, 0.29) is 0 Å². The molecule has 66 valence electrons. The van der Waals surface area contributed by atoms with Crippen molar-refractivity contribution < 1.29 is 0 Å². The number of aromatic nitrogens is 2. The van der Waals surface area contributed by atoms with E-state index < -0.39 is 0 Å². The van der Waals surface area contributed by atoms with E-state index in [0.717, 1.165) is 15.7 Å². The van der Waals surface area contributed by atoms with Crippen LogP contribution in [0, 0.1) is 0 Å². The molecule has 0 saturated carbocycles. The summed E-state index contributed by atoms with van der Waals surface area (Å²) in [5.74, 6) is 0. The third-order valence-electron chi connectivity index (χ3n) is 1.61. The van der Waals surface area contributed by atoms with Crippen LogP contribution in [-0.4, -0.2) is 9.59 Å².